The van der Waals surface area contributed by atoms with Crippen LogP contribution < -0.4 is 15.6 Å². The fraction of sp³-hybridized carbons (Fsp3) is 0.435. The molecule has 1 amide bonds. The molecule has 34 heavy (non-hydrogen) atoms. The van der Waals surface area contributed by atoms with Gasteiger partial charge in [-0.05, 0) is 37.3 Å². The van der Waals surface area contributed by atoms with E-state index in [2.05, 4.69) is 10.3 Å². The van der Waals surface area contributed by atoms with Gasteiger partial charge >= 0.3 is 0 Å². The Kier molecular flexibility index (Phi) is 6.79. The molecule has 0 saturated carbocycles. The number of carbonyl (C=O) groups excluding carboxylic acids is 1. The van der Waals surface area contributed by atoms with Gasteiger partial charge in [-0.15, -0.1) is 11.3 Å². The van der Waals surface area contributed by atoms with Crippen LogP contribution in [0.2, 0.25) is 0 Å². The van der Waals surface area contributed by atoms with Gasteiger partial charge in [0.1, 0.15) is 22.0 Å². The number of sulfonamides is 1. The molecule has 3 aromatic rings. The Morgan fingerprint density at radius 2 is 1.97 bits per heavy atom. The zero-order valence-corrected chi connectivity index (χ0v) is 21.2. The maximum Gasteiger partial charge on any atom is 0.263 e. The Balaban J connectivity index is 1.68. The summed E-state index contributed by atoms with van der Waals surface area (Å²) < 4.78 is 35.0. The van der Waals surface area contributed by atoms with Gasteiger partial charge in [-0.25, -0.2) is 13.4 Å². The number of amides is 1. The van der Waals surface area contributed by atoms with Gasteiger partial charge in [0.25, 0.3) is 5.56 Å². The highest BCUT2D eigenvalue weighted by atomic mass is 32.2. The summed E-state index contributed by atoms with van der Waals surface area (Å²) in [5.74, 6) is 0.618. The molecule has 1 aromatic carbocycles. The van der Waals surface area contributed by atoms with Crippen molar-refractivity contribution in [3.63, 3.8) is 0 Å². The monoisotopic (exact) mass is 504 g/mol. The van der Waals surface area contributed by atoms with Gasteiger partial charge in [-0.3, -0.25) is 14.2 Å². The predicted octanol–water partition coefficient (Wildman–Crippen LogP) is 3.08. The molecule has 0 aliphatic carbocycles. The van der Waals surface area contributed by atoms with Crippen LogP contribution in [0.4, 0.5) is 5.69 Å². The maximum absolute atomic E-state index is 13.6. The molecule has 0 spiro atoms. The van der Waals surface area contributed by atoms with E-state index in [1.54, 1.807) is 31.2 Å². The van der Waals surface area contributed by atoms with E-state index in [0.29, 0.717) is 34.2 Å². The van der Waals surface area contributed by atoms with Crippen LogP contribution in [0.15, 0.2) is 40.3 Å². The molecule has 1 aliphatic rings. The topological polar surface area (TPSA) is 111 Å². The third-order valence-electron chi connectivity index (χ3n) is 5.90. The van der Waals surface area contributed by atoms with Crippen LogP contribution in [0, 0.1) is 18.8 Å². The predicted molar refractivity (Wildman–Crippen MR) is 132 cm³/mol. The van der Waals surface area contributed by atoms with E-state index in [1.807, 2.05) is 13.8 Å². The number of fused-ring (bicyclic) bond motifs is 1. The number of carbonyl (C=O) groups is 1. The highest BCUT2D eigenvalue weighted by Crippen LogP contribution is 2.35. The molecule has 1 aliphatic heterocycles. The number of hydrogen-bond acceptors (Lipinski definition) is 7. The SMILES string of the molecule is COc1cccc(NC(=O)Cn2cnc3sc(C)c(S(=O)(=O)N4CC(C)CC(C)C4)c3c2=O)c1. The van der Waals surface area contributed by atoms with Gasteiger partial charge < -0.3 is 10.1 Å². The van der Waals surface area contributed by atoms with Gasteiger partial charge in [-0.2, -0.15) is 4.31 Å². The van der Waals surface area contributed by atoms with Crippen LogP contribution in [0.25, 0.3) is 10.2 Å². The third kappa shape index (κ3) is 4.73. The highest BCUT2D eigenvalue weighted by molar-refractivity contribution is 7.89. The van der Waals surface area contributed by atoms with Gasteiger partial charge in [-0.1, -0.05) is 19.9 Å². The van der Waals surface area contributed by atoms with Gasteiger partial charge in [0, 0.05) is 29.7 Å². The van der Waals surface area contributed by atoms with Crippen molar-refractivity contribution in [3.05, 3.63) is 45.8 Å². The maximum atomic E-state index is 13.6. The summed E-state index contributed by atoms with van der Waals surface area (Å²) >= 11 is 1.17. The number of benzene rings is 1. The number of piperidine rings is 1. The average Bonchev–Trinajstić information content (AvgIpc) is 3.12. The quantitative estimate of drug-likeness (QED) is 0.552. The first-order valence-corrected chi connectivity index (χ1v) is 13.3. The number of hydrogen-bond donors (Lipinski definition) is 1. The number of nitrogens with one attached hydrogen (secondary N) is 1. The third-order valence-corrected chi connectivity index (χ3v) is 9.05. The van der Waals surface area contributed by atoms with Crippen molar-refractivity contribution in [2.75, 3.05) is 25.5 Å². The van der Waals surface area contributed by atoms with Crippen molar-refractivity contribution in [2.24, 2.45) is 11.8 Å². The number of rotatable bonds is 6. The largest absolute Gasteiger partial charge is 0.497 e. The van der Waals surface area contributed by atoms with Crippen LogP contribution in [0.3, 0.4) is 0 Å². The van der Waals surface area contributed by atoms with E-state index in [9.17, 15) is 18.0 Å². The fourth-order valence-corrected chi connectivity index (χ4v) is 7.87. The molecule has 0 radical (unpaired) electrons. The fourth-order valence-electron chi connectivity index (χ4n) is 4.52. The second kappa shape index (κ2) is 9.47. The van der Waals surface area contributed by atoms with Crippen LogP contribution in [0.1, 0.15) is 25.1 Å². The summed E-state index contributed by atoms with van der Waals surface area (Å²) in [6.07, 6.45) is 2.25. The Labute approximate surface area is 202 Å². The van der Waals surface area contributed by atoms with Crippen molar-refractivity contribution < 1.29 is 17.9 Å². The smallest absolute Gasteiger partial charge is 0.263 e. The average molecular weight is 505 g/mol. The van der Waals surface area contributed by atoms with Crippen LogP contribution in [-0.2, 0) is 21.4 Å². The molecule has 0 bridgehead atoms. The van der Waals surface area contributed by atoms with E-state index < -0.39 is 21.5 Å². The molecular weight excluding hydrogens is 476 g/mol. The lowest BCUT2D eigenvalue weighted by Gasteiger charge is -2.34. The number of thiophene rings is 1. The molecular formula is C23H28N4O5S2. The lowest BCUT2D eigenvalue weighted by Crippen LogP contribution is -2.42. The van der Waals surface area contributed by atoms with E-state index in [1.165, 1.54) is 29.1 Å². The Hall–Kier alpha value is -2.76. The van der Waals surface area contributed by atoms with Crippen LogP contribution >= 0.6 is 11.3 Å². The summed E-state index contributed by atoms with van der Waals surface area (Å²) in [5, 5.41) is 2.77. The van der Waals surface area contributed by atoms with E-state index in [-0.39, 0.29) is 28.7 Å². The zero-order valence-electron chi connectivity index (χ0n) is 19.6. The molecule has 2 atom stereocenters. The van der Waals surface area contributed by atoms with Crippen LogP contribution in [0.5, 0.6) is 5.75 Å². The second-order valence-corrected chi connectivity index (χ2v) is 12.0. The standard InChI is InChI=1S/C23H28N4O5S2/c1-14-8-15(2)11-27(10-14)34(30,31)21-16(3)33-22-20(21)23(29)26(13-24-22)12-19(28)25-17-6-5-7-18(9-17)32-4/h5-7,9,13-15H,8,10-12H2,1-4H3,(H,25,28). The molecule has 1 saturated heterocycles. The minimum atomic E-state index is -3.89. The lowest BCUT2D eigenvalue weighted by atomic mass is 9.94. The molecule has 3 heterocycles. The van der Waals surface area contributed by atoms with Crippen molar-refractivity contribution in [2.45, 2.75) is 38.6 Å². The second-order valence-electron chi connectivity index (χ2n) is 8.89. The van der Waals surface area contributed by atoms with Crippen molar-refractivity contribution in [1.29, 1.82) is 0 Å². The molecule has 9 nitrogen and oxygen atoms in total. The molecule has 182 valence electrons. The summed E-state index contributed by atoms with van der Waals surface area (Å²) in [5.41, 5.74) is -0.0266. The number of ether oxygens (including phenoxy) is 1. The van der Waals surface area contributed by atoms with Crippen LogP contribution in [-0.4, -0.2) is 48.4 Å². The number of nitrogens with zero attached hydrogens (tertiary/aromatic N) is 3. The Bertz CT molecular complexity index is 1390. The molecule has 1 fully saturated rings. The Morgan fingerprint density at radius 3 is 2.65 bits per heavy atom. The molecule has 4 rings (SSSR count). The van der Waals surface area contributed by atoms with E-state index in [4.69, 9.17) is 4.74 Å². The summed E-state index contributed by atoms with van der Waals surface area (Å²) in [4.78, 5) is 31.1. The van der Waals surface area contributed by atoms with Crippen molar-refractivity contribution >= 4 is 43.2 Å². The van der Waals surface area contributed by atoms with Gasteiger partial charge in [0.2, 0.25) is 15.9 Å². The minimum Gasteiger partial charge on any atom is -0.497 e. The number of methoxy groups -OCH3 is 1. The zero-order chi connectivity index (χ0) is 24.6. The van der Waals surface area contributed by atoms with Crippen molar-refractivity contribution in [1.82, 2.24) is 13.9 Å². The van der Waals surface area contributed by atoms with E-state index >= 15 is 0 Å². The summed E-state index contributed by atoms with van der Waals surface area (Å²) in [6.45, 7) is 6.29. The summed E-state index contributed by atoms with van der Waals surface area (Å²) in [6, 6.07) is 6.86. The molecule has 2 unspecified atom stereocenters. The first kappa shape index (κ1) is 24.4. The normalized spacial score (nSPS) is 19.3. The van der Waals surface area contributed by atoms with E-state index in [0.717, 1.165) is 11.0 Å². The molecule has 11 heteroatoms. The van der Waals surface area contributed by atoms with Crippen molar-refractivity contribution in [3.8, 4) is 5.75 Å². The highest BCUT2D eigenvalue weighted by Gasteiger charge is 2.35. The Morgan fingerprint density at radius 1 is 1.26 bits per heavy atom. The minimum absolute atomic E-state index is 0.00820. The van der Waals surface area contributed by atoms with Gasteiger partial charge in [0.05, 0.1) is 18.8 Å². The molecule has 1 N–H and O–H groups in total. The summed E-state index contributed by atoms with van der Waals surface area (Å²) in [7, 11) is -2.36. The number of anilines is 1. The first-order valence-electron chi connectivity index (χ1n) is 11.0. The molecule has 2 aromatic heterocycles. The number of aryl methyl sites for hydroxylation is 1. The lowest BCUT2D eigenvalue weighted by molar-refractivity contribution is -0.116. The first-order chi connectivity index (χ1) is 16.1. The number of aromatic nitrogens is 2. The van der Waals surface area contributed by atoms with Gasteiger partial charge in [0.15, 0.2) is 0 Å².